The number of amides is 2. The fourth-order valence-corrected chi connectivity index (χ4v) is 5.02. The summed E-state index contributed by atoms with van der Waals surface area (Å²) in [6, 6.07) is 12.2. The Balaban J connectivity index is 1.42. The Morgan fingerprint density at radius 2 is 1.58 bits per heavy atom. The van der Waals surface area contributed by atoms with Crippen LogP contribution in [-0.4, -0.2) is 50.5 Å². The summed E-state index contributed by atoms with van der Waals surface area (Å²) >= 11 is 0. The van der Waals surface area contributed by atoms with Crippen LogP contribution in [0.5, 0.6) is 0 Å². The van der Waals surface area contributed by atoms with Crippen LogP contribution < -0.4 is 5.32 Å². The summed E-state index contributed by atoms with van der Waals surface area (Å²) < 4.78 is 62.5. The Morgan fingerprint density at radius 3 is 2.15 bits per heavy atom. The van der Waals surface area contributed by atoms with Gasteiger partial charge < -0.3 is 10.2 Å². The van der Waals surface area contributed by atoms with E-state index in [-0.39, 0.29) is 46.9 Å². The van der Waals surface area contributed by atoms with E-state index in [1.165, 1.54) is 17.0 Å². The third-order valence-corrected chi connectivity index (χ3v) is 7.42. The van der Waals surface area contributed by atoms with E-state index in [0.717, 1.165) is 24.3 Å². The average Bonchev–Trinajstić information content (AvgIpc) is 2.81. The van der Waals surface area contributed by atoms with Crippen molar-refractivity contribution in [1.82, 2.24) is 10.2 Å². The fourth-order valence-electron chi connectivity index (χ4n) is 3.69. The van der Waals surface area contributed by atoms with E-state index >= 15 is 0 Å². The van der Waals surface area contributed by atoms with Crippen LogP contribution >= 0.6 is 0 Å². The third-order valence-electron chi connectivity index (χ3n) is 5.60. The molecule has 1 heterocycles. The number of nitrogens with zero attached hydrogens (tertiary/aromatic N) is 1. The summed E-state index contributed by atoms with van der Waals surface area (Å²) in [6.45, 7) is 0.871. The first-order chi connectivity index (χ1) is 15.6. The van der Waals surface area contributed by atoms with Crippen LogP contribution in [0.3, 0.4) is 0 Å². The molecule has 1 saturated heterocycles. The van der Waals surface area contributed by atoms with Gasteiger partial charge >= 0.3 is 6.18 Å². The number of hydrogen-bond acceptors (Lipinski definition) is 4. The van der Waals surface area contributed by atoms with E-state index < -0.39 is 21.6 Å². The Labute approximate surface area is 190 Å². The van der Waals surface area contributed by atoms with E-state index in [1.807, 2.05) is 0 Å². The van der Waals surface area contributed by atoms with Crippen LogP contribution in [0.2, 0.25) is 0 Å². The summed E-state index contributed by atoms with van der Waals surface area (Å²) in [7, 11) is -3.40. The first-order valence-corrected chi connectivity index (χ1v) is 12.3. The molecule has 1 aliphatic heterocycles. The van der Waals surface area contributed by atoms with Crippen LogP contribution in [0.15, 0.2) is 59.5 Å². The number of carbonyl (C=O) groups excluding carboxylic acids is 2. The van der Waals surface area contributed by atoms with Crippen LogP contribution in [-0.2, 0) is 20.8 Å². The predicted molar refractivity (Wildman–Crippen MR) is 116 cm³/mol. The Kier molecular flexibility index (Phi) is 7.78. The van der Waals surface area contributed by atoms with E-state index in [4.69, 9.17) is 0 Å². The van der Waals surface area contributed by atoms with Crippen molar-refractivity contribution in [2.24, 2.45) is 5.92 Å². The molecule has 2 amide bonds. The Hall–Kier alpha value is -2.88. The number of likely N-dealkylation sites (tertiary alicyclic amines) is 1. The molecular weight excluding hydrogens is 457 g/mol. The zero-order valence-corrected chi connectivity index (χ0v) is 18.7. The minimum atomic E-state index is -4.46. The van der Waals surface area contributed by atoms with Gasteiger partial charge in [0.25, 0.3) is 5.91 Å². The van der Waals surface area contributed by atoms with Crippen molar-refractivity contribution in [3.63, 3.8) is 0 Å². The second-order valence-electron chi connectivity index (χ2n) is 7.92. The van der Waals surface area contributed by atoms with Crippen LogP contribution in [0.1, 0.15) is 35.2 Å². The number of hydrogen-bond donors (Lipinski definition) is 1. The number of sulfone groups is 1. The van der Waals surface area contributed by atoms with E-state index in [1.54, 1.807) is 18.2 Å². The first kappa shape index (κ1) is 24.8. The lowest BCUT2D eigenvalue weighted by Gasteiger charge is -2.31. The molecule has 10 heteroatoms. The molecule has 0 aliphatic carbocycles. The molecule has 1 fully saturated rings. The minimum Gasteiger partial charge on any atom is -0.356 e. The summed E-state index contributed by atoms with van der Waals surface area (Å²) in [6.07, 6.45) is -3.31. The van der Waals surface area contributed by atoms with Gasteiger partial charge in [-0.2, -0.15) is 13.2 Å². The van der Waals surface area contributed by atoms with Gasteiger partial charge in [0.2, 0.25) is 5.91 Å². The number of carbonyl (C=O) groups is 2. The standard InChI is InChI=1S/C23H25F3N2O4S/c24-23(25,26)19-9-7-18(8-10-19)22(30)28-14-11-17(12-15-28)21(29)27-13-4-16-33(31,32)20-5-2-1-3-6-20/h1-3,5-10,17H,4,11-16H2,(H,27,29). The molecule has 0 saturated carbocycles. The normalized spacial score (nSPS) is 15.3. The highest BCUT2D eigenvalue weighted by atomic mass is 32.2. The summed E-state index contributed by atoms with van der Waals surface area (Å²) in [4.78, 5) is 26.7. The van der Waals surface area contributed by atoms with Crippen molar-refractivity contribution in [2.45, 2.75) is 30.3 Å². The van der Waals surface area contributed by atoms with Crippen LogP contribution in [0.25, 0.3) is 0 Å². The molecule has 0 unspecified atom stereocenters. The molecule has 33 heavy (non-hydrogen) atoms. The van der Waals surface area contributed by atoms with E-state index in [2.05, 4.69) is 5.32 Å². The number of nitrogens with one attached hydrogen (secondary N) is 1. The van der Waals surface area contributed by atoms with Gasteiger partial charge in [-0.15, -0.1) is 0 Å². The SMILES string of the molecule is O=C(NCCCS(=O)(=O)c1ccccc1)C1CCN(C(=O)c2ccc(C(F)(F)F)cc2)CC1. The maximum Gasteiger partial charge on any atom is 0.416 e. The van der Waals surface area contributed by atoms with Gasteiger partial charge in [0, 0.05) is 31.1 Å². The van der Waals surface area contributed by atoms with E-state index in [0.29, 0.717) is 25.9 Å². The Bertz CT molecular complexity index is 1060. The molecule has 0 aromatic heterocycles. The first-order valence-electron chi connectivity index (χ1n) is 10.6. The number of rotatable bonds is 7. The number of benzene rings is 2. The van der Waals surface area contributed by atoms with Gasteiger partial charge in [0.05, 0.1) is 16.2 Å². The quantitative estimate of drug-likeness (QED) is 0.612. The van der Waals surface area contributed by atoms with Crippen LogP contribution in [0, 0.1) is 5.92 Å². The van der Waals surface area contributed by atoms with Crippen molar-refractivity contribution in [1.29, 1.82) is 0 Å². The minimum absolute atomic E-state index is 0.0721. The van der Waals surface area contributed by atoms with Crippen LogP contribution in [0.4, 0.5) is 13.2 Å². The maximum atomic E-state index is 12.7. The van der Waals surface area contributed by atoms with Gasteiger partial charge in [-0.3, -0.25) is 9.59 Å². The fraction of sp³-hybridized carbons (Fsp3) is 0.391. The molecular formula is C23H25F3N2O4S. The molecule has 2 aromatic rings. The second kappa shape index (κ2) is 10.4. The van der Waals surface area contributed by atoms with Gasteiger partial charge in [-0.1, -0.05) is 18.2 Å². The molecule has 3 rings (SSSR count). The monoisotopic (exact) mass is 482 g/mol. The van der Waals surface area contributed by atoms with E-state index in [9.17, 15) is 31.2 Å². The molecule has 6 nitrogen and oxygen atoms in total. The lowest BCUT2D eigenvalue weighted by molar-refractivity contribution is -0.137. The van der Waals surface area contributed by atoms with Crippen molar-refractivity contribution < 1.29 is 31.2 Å². The topological polar surface area (TPSA) is 83.6 Å². The molecule has 1 aliphatic rings. The summed E-state index contributed by atoms with van der Waals surface area (Å²) in [5.41, 5.74) is -0.642. The number of halogens is 3. The lowest BCUT2D eigenvalue weighted by atomic mass is 9.95. The average molecular weight is 483 g/mol. The Morgan fingerprint density at radius 1 is 0.970 bits per heavy atom. The molecule has 0 radical (unpaired) electrons. The maximum absolute atomic E-state index is 12.7. The third kappa shape index (κ3) is 6.56. The molecule has 0 atom stereocenters. The van der Waals surface area contributed by atoms with Crippen molar-refractivity contribution in [2.75, 3.05) is 25.4 Å². The number of alkyl halides is 3. The summed E-state index contributed by atoms with van der Waals surface area (Å²) in [5.74, 6) is -0.924. The highest BCUT2D eigenvalue weighted by Gasteiger charge is 2.31. The molecule has 178 valence electrons. The highest BCUT2D eigenvalue weighted by Crippen LogP contribution is 2.29. The van der Waals surface area contributed by atoms with Gasteiger partial charge in [0.1, 0.15) is 0 Å². The van der Waals surface area contributed by atoms with Crippen molar-refractivity contribution in [3.05, 3.63) is 65.7 Å². The van der Waals surface area contributed by atoms with Gasteiger partial charge in [-0.05, 0) is 55.7 Å². The predicted octanol–water partition coefficient (Wildman–Crippen LogP) is 3.54. The lowest BCUT2D eigenvalue weighted by Crippen LogP contribution is -2.43. The molecule has 0 bridgehead atoms. The van der Waals surface area contributed by atoms with Crippen molar-refractivity contribution in [3.8, 4) is 0 Å². The van der Waals surface area contributed by atoms with Gasteiger partial charge in [0.15, 0.2) is 9.84 Å². The molecule has 1 N–H and O–H groups in total. The summed E-state index contributed by atoms with van der Waals surface area (Å²) in [5, 5.41) is 2.76. The zero-order valence-electron chi connectivity index (χ0n) is 17.8. The largest absolute Gasteiger partial charge is 0.416 e. The smallest absolute Gasteiger partial charge is 0.356 e. The molecule has 0 spiro atoms. The second-order valence-corrected chi connectivity index (χ2v) is 10.0. The zero-order chi connectivity index (χ0) is 24.1. The molecule has 2 aromatic carbocycles. The van der Waals surface area contributed by atoms with Gasteiger partial charge in [-0.25, -0.2) is 8.42 Å². The number of piperidine rings is 1. The van der Waals surface area contributed by atoms with Crippen molar-refractivity contribution >= 4 is 21.7 Å². The highest BCUT2D eigenvalue weighted by molar-refractivity contribution is 7.91.